The average molecular weight is 311 g/mol. The molecule has 0 bridgehead atoms. The summed E-state index contributed by atoms with van der Waals surface area (Å²) in [6.45, 7) is 0. The smallest absolute Gasteiger partial charge is 0.246 e. The average Bonchev–Trinajstić information content (AvgIpc) is 2.67. The molecular formula is C14H15ClN2O2S. The van der Waals surface area contributed by atoms with Crippen molar-refractivity contribution in [2.45, 2.75) is 29.8 Å². The zero-order valence-electron chi connectivity index (χ0n) is 11.1. The van der Waals surface area contributed by atoms with Gasteiger partial charge in [-0.3, -0.25) is 19.8 Å². The summed E-state index contributed by atoms with van der Waals surface area (Å²) in [5.41, 5.74) is 1.13. The molecule has 0 radical (unpaired) electrons. The van der Waals surface area contributed by atoms with Crippen LogP contribution >= 0.6 is 23.4 Å². The zero-order valence-corrected chi connectivity index (χ0v) is 12.6. The summed E-state index contributed by atoms with van der Waals surface area (Å²) in [4.78, 5) is 26.0. The third-order valence-corrected chi connectivity index (χ3v) is 5.15. The van der Waals surface area contributed by atoms with Gasteiger partial charge in [0.25, 0.3) is 0 Å². The molecule has 6 heteroatoms. The number of hydrogen-bond donors (Lipinski definition) is 1. The molecule has 0 aromatic heterocycles. The van der Waals surface area contributed by atoms with Crippen molar-refractivity contribution >= 4 is 35.2 Å². The second-order valence-corrected chi connectivity index (χ2v) is 6.66. The predicted molar refractivity (Wildman–Crippen MR) is 78.9 cm³/mol. The Hall–Kier alpha value is -1.04. The maximum absolute atomic E-state index is 12.0. The van der Waals surface area contributed by atoms with Gasteiger partial charge in [0.2, 0.25) is 11.8 Å². The topological polar surface area (TPSA) is 49.4 Å². The van der Waals surface area contributed by atoms with Crippen molar-refractivity contribution in [2.75, 3.05) is 12.8 Å². The van der Waals surface area contributed by atoms with Crippen molar-refractivity contribution in [1.29, 1.82) is 0 Å². The highest BCUT2D eigenvalue weighted by Gasteiger charge is 2.37. The molecule has 2 unspecified atom stereocenters. The molecule has 20 heavy (non-hydrogen) atoms. The van der Waals surface area contributed by atoms with Gasteiger partial charge >= 0.3 is 0 Å². The molecule has 106 valence electrons. The molecule has 1 saturated heterocycles. The van der Waals surface area contributed by atoms with Gasteiger partial charge in [-0.15, -0.1) is 11.8 Å². The van der Waals surface area contributed by atoms with E-state index in [0.717, 1.165) is 17.7 Å². The van der Waals surface area contributed by atoms with E-state index in [0.29, 0.717) is 5.02 Å². The van der Waals surface area contributed by atoms with Gasteiger partial charge in [-0.2, -0.15) is 0 Å². The molecule has 2 aliphatic heterocycles. The van der Waals surface area contributed by atoms with Crippen molar-refractivity contribution in [2.24, 2.45) is 0 Å². The van der Waals surface area contributed by atoms with Crippen LogP contribution in [0.4, 0.5) is 0 Å². The Balaban J connectivity index is 1.82. The second-order valence-electron chi connectivity index (χ2n) is 5.09. The Morgan fingerprint density at radius 1 is 1.35 bits per heavy atom. The number of nitrogens with one attached hydrogen (secondary N) is 1. The Bertz CT molecular complexity index is 578. The van der Waals surface area contributed by atoms with Crippen LogP contribution in [0.25, 0.3) is 0 Å². The van der Waals surface area contributed by atoms with Crippen LogP contribution in [0.2, 0.25) is 5.02 Å². The lowest BCUT2D eigenvalue weighted by Gasteiger charge is -2.28. The number of rotatable bonds is 2. The van der Waals surface area contributed by atoms with E-state index in [-0.39, 0.29) is 24.3 Å². The fraction of sp³-hybridized carbons (Fsp3) is 0.429. The van der Waals surface area contributed by atoms with Gasteiger partial charge in [0.15, 0.2) is 0 Å². The summed E-state index contributed by atoms with van der Waals surface area (Å²) in [5, 5.41) is 4.03. The van der Waals surface area contributed by atoms with Crippen molar-refractivity contribution in [3.8, 4) is 0 Å². The molecule has 1 aromatic carbocycles. The van der Waals surface area contributed by atoms with E-state index in [4.69, 9.17) is 11.6 Å². The molecule has 2 atom stereocenters. The molecule has 2 amide bonds. The molecule has 4 nitrogen and oxygen atoms in total. The first-order valence-electron chi connectivity index (χ1n) is 6.55. The highest BCUT2D eigenvalue weighted by Crippen LogP contribution is 2.38. The highest BCUT2D eigenvalue weighted by atomic mass is 35.5. The minimum atomic E-state index is -0.410. The quantitative estimate of drug-likeness (QED) is 0.851. The summed E-state index contributed by atoms with van der Waals surface area (Å²) < 4.78 is 0. The fourth-order valence-corrected chi connectivity index (χ4v) is 3.95. The fourth-order valence-electron chi connectivity index (χ4n) is 2.67. The first-order valence-corrected chi connectivity index (χ1v) is 7.91. The SMILES string of the molecule is CN1C(=O)CC(NC2CCSc3ccc(Cl)cc32)C1=O. The molecule has 1 aromatic rings. The molecule has 0 saturated carbocycles. The number of carbonyl (C=O) groups excluding carboxylic acids is 2. The molecule has 3 rings (SSSR count). The van der Waals surface area contributed by atoms with Crippen LogP contribution in [0, 0.1) is 0 Å². The number of amides is 2. The van der Waals surface area contributed by atoms with Gasteiger partial charge in [0, 0.05) is 23.0 Å². The van der Waals surface area contributed by atoms with Crippen LogP contribution in [0.1, 0.15) is 24.4 Å². The van der Waals surface area contributed by atoms with Gasteiger partial charge in [0.05, 0.1) is 12.5 Å². The molecule has 1 N–H and O–H groups in total. The molecule has 0 spiro atoms. The minimum Gasteiger partial charge on any atom is -0.298 e. The number of imide groups is 1. The third kappa shape index (κ3) is 2.45. The number of likely N-dealkylation sites (N-methyl/N-ethyl adjacent to an activating group) is 1. The minimum absolute atomic E-state index is 0.0817. The third-order valence-electron chi connectivity index (χ3n) is 3.80. The monoisotopic (exact) mass is 310 g/mol. The highest BCUT2D eigenvalue weighted by molar-refractivity contribution is 7.99. The molecule has 0 aliphatic carbocycles. The van der Waals surface area contributed by atoms with Gasteiger partial charge in [-0.25, -0.2) is 0 Å². The number of hydrogen-bond acceptors (Lipinski definition) is 4. The number of nitrogens with zero attached hydrogens (tertiary/aromatic N) is 1. The summed E-state index contributed by atoms with van der Waals surface area (Å²) >= 11 is 7.87. The summed E-state index contributed by atoms with van der Waals surface area (Å²) in [6, 6.07) is 5.52. The number of fused-ring (bicyclic) bond motifs is 1. The van der Waals surface area contributed by atoms with Gasteiger partial charge in [-0.05, 0) is 35.9 Å². The second kappa shape index (κ2) is 5.39. The van der Waals surface area contributed by atoms with Crippen molar-refractivity contribution in [1.82, 2.24) is 10.2 Å². The van der Waals surface area contributed by atoms with Crippen molar-refractivity contribution in [3.05, 3.63) is 28.8 Å². The van der Waals surface area contributed by atoms with Crippen LogP contribution in [-0.2, 0) is 9.59 Å². The number of thioether (sulfide) groups is 1. The summed E-state index contributed by atoms with van der Waals surface area (Å²) in [7, 11) is 1.54. The van der Waals surface area contributed by atoms with Crippen LogP contribution in [0.5, 0.6) is 0 Å². The van der Waals surface area contributed by atoms with Gasteiger partial charge in [0.1, 0.15) is 0 Å². The lowest BCUT2D eigenvalue weighted by atomic mass is 10.0. The first kappa shape index (κ1) is 13.9. The number of halogens is 1. The van der Waals surface area contributed by atoms with Crippen LogP contribution in [0.15, 0.2) is 23.1 Å². The molecule has 2 aliphatic rings. The van der Waals surface area contributed by atoms with Gasteiger partial charge in [-0.1, -0.05) is 11.6 Å². The van der Waals surface area contributed by atoms with Gasteiger partial charge < -0.3 is 0 Å². The van der Waals surface area contributed by atoms with E-state index < -0.39 is 6.04 Å². The van der Waals surface area contributed by atoms with Crippen LogP contribution in [-0.4, -0.2) is 35.6 Å². The van der Waals surface area contributed by atoms with Crippen LogP contribution in [0.3, 0.4) is 0 Å². The maximum atomic E-state index is 12.0. The summed E-state index contributed by atoms with van der Waals surface area (Å²) in [6.07, 6.45) is 1.18. The van der Waals surface area contributed by atoms with Crippen LogP contribution < -0.4 is 5.32 Å². The molecule has 1 fully saturated rings. The lowest BCUT2D eigenvalue weighted by Crippen LogP contribution is -2.40. The van der Waals surface area contributed by atoms with E-state index in [9.17, 15) is 9.59 Å². The number of benzene rings is 1. The lowest BCUT2D eigenvalue weighted by molar-refractivity contribution is -0.137. The summed E-state index contributed by atoms with van der Waals surface area (Å²) in [5.74, 6) is 0.734. The number of likely N-dealkylation sites (tertiary alicyclic amines) is 1. The van der Waals surface area contributed by atoms with E-state index in [1.165, 1.54) is 16.8 Å². The Morgan fingerprint density at radius 2 is 2.15 bits per heavy atom. The molecular weight excluding hydrogens is 296 g/mol. The molecule has 2 heterocycles. The van der Waals surface area contributed by atoms with E-state index >= 15 is 0 Å². The Labute approximate surface area is 126 Å². The Morgan fingerprint density at radius 3 is 2.85 bits per heavy atom. The zero-order chi connectivity index (χ0) is 14.3. The van der Waals surface area contributed by atoms with E-state index in [1.54, 1.807) is 11.8 Å². The largest absolute Gasteiger partial charge is 0.298 e. The normalized spacial score (nSPS) is 26.0. The standard InChI is InChI=1S/C14H15ClN2O2S/c1-17-13(18)7-11(14(17)19)16-10-4-5-20-12-3-2-8(15)6-9(10)12/h2-3,6,10-11,16H,4-5,7H2,1H3. The van der Waals surface area contributed by atoms with Crippen molar-refractivity contribution in [3.63, 3.8) is 0 Å². The Kier molecular flexibility index (Phi) is 3.75. The predicted octanol–water partition coefficient (Wildman–Crippen LogP) is 2.22. The van der Waals surface area contributed by atoms with E-state index in [2.05, 4.69) is 5.32 Å². The van der Waals surface area contributed by atoms with Crippen molar-refractivity contribution < 1.29 is 9.59 Å². The maximum Gasteiger partial charge on any atom is 0.246 e. The first-order chi connectivity index (χ1) is 9.56. The van der Waals surface area contributed by atoms with E-state index in [1.807, 2.05) is 18.2 Å². The number of carbonyl (C=O) groups is 2.